The van der Waals surface area contributed by atoms with Crippen molar-refractivity contribution in [2.24, 2.45) is 0 Å². The number of hydrogen-bond acceptors (Lipinski definition) is 7. The topological polar surface area (TPSA) is 114 Å². The van der Waals surface area contributed by atoms with Crippen LogP contribution in [0.4, 0.5) is 4.39 Å². The van der Waals surface area contributed by atoms with E-state index in [2.05, 4.69) is 10.1 Å². The second-order valence-corrected chi connectivity index (χ2v) is 6.64. The van der Waals surface area contributed by atoms with Gasteiger partial charge < -0.3 is 14.4 Å². The first-order valence-electron chi connectivity index (χ1n) is 9.09. The molecule has 0 amide bonds. The first-order valence-corrected chi connectivity index (χ1v) is 9.09. The van der Waals surface area contributed by atoms with Gasteiger partial charge in [0.1, 0.15) is 17.6 Å². The molecule has 0 fully saturated rings. The minimum absolute atomic E-state index is 0.00186. The summed E-state index contributed by atoms with van der Waals surface area (Å²) in [6.07, 6.45) is 1.18. The minimum Gasteiger partial charge on any atom is -0.505 e. The molecule has 0 atom stereocenters. The third-order valence-corrected chi connectivity index (χ3v) is 4.83. The molecule has 0 radical (unpaired) electrons. The van der Waals surface area contributed by atoms with E-state index in [0.29, 0.717) is 36.5 Å². The highest BCUT2D eigenvalue weighted by Gasteiger charge is 2.21. The summed E-state index contributed by atoms with van der Waals surface area (Å²) in [6, 6.07) is 5.46. The molecule has 9 heteroatoms. The van der Waals surface area contributed by atoms with E-state index in [1.807, 2.05) is 13.0 Å². The molecule has 1 aliphatic rings. The molecule has 0 saturated heterocycles. The van der Waals surface area contributed by atoms with E-state index in [9.17, 15) is 19.6 Å². The molecule has 1 aromatic carbocycles. The van der Waals surface area contributed by atoms with E-state index in [1.54, 1.807) is 6.07 Å². The minimum atomic E-state index is -0.897. The molecule has 1 N–H and O–H groups in total. The van der Waals surface area contributed by atoms with Crippen molar-refractivity contribution in [3.05, 3.63) is 62.7 Å². The Hall–Kier alpha value is -3.51. The van der Waals surface area contributed by atoms with Crippen LogP contribution in [-0.2, 0) is 30.7 Å². The number of phenols is 1. The first-order chi connectivity index (χ1) is 14.0. The number of nitriles is 1. The van der Waals surface area contributed by atoms with Crippen molar-refractivity contribution < 1.29 is 18.8 Å². The fraction of sp³-hybridized carbons (Fsp3) is 0.300. The number of aromatic nitrogens is 3. The standard InChI is InChI=1S/C20H17FN4O4/c1-2-19-23-16-3-4-28-10-14(16)20(27)25(19)9-12-6-18(29-24-12)13-7-17(26)15(21)5-11(13)8-22/h5-7,26H,2-4,9-10H2,1H3. The zero-order valence-electron chi connectivity index (χ0n) is 15.6. The molecule has 1 aliphatic heterocycles. The number of fused-ring (bicyclic) bond motifs is 1. The number of aryl methyl sites for hydroxylation is 1. The average Bonchev–Trinajstić information content (AvgIpc) is 3.20. The normalized spacial score (nSPS) is 13.1. The fourth-order valence-corrected chi connectivity index (χ4v) is 3.35. The summed E-state index contributed by atoms with van der Waals surface area (Å²) in [5.41, 5.74) is 1.80. The summed E-state index contributed by atoms with van der Waals surface area (Å²) < 4.78 is 25.7. The zero-order valence-corrected chi connectivity index (χ0v) is 15.6. The quantitative estimate of drug-likeness (QED) is 0.720. The van der Waals surface area contributed by atoms with Crippen molar-refractivity contribution in [2.45, 2.75) is 32.9 Å². The summed E-state index contributed by atoms with van der Waals surface area (Å²) in [5, 5.41) is 22.8. The Morgan fingerprint density at radius 1 is 1.38 bits per heavy atom. The number of benzene rings is 1. The number of halogens is 1. The van der Waals surface area contributed by atoms with Gasteiger partial charge in [-0.1, -0.05) is 12.1 Å². The summed E-state index contributed by atoms with van der Waals surface area (Å²) in [6.45, 7) is 2.82. The third kappa shape index (κ3) is 3.39. The van der Waals surface area contributed by atoms with Crippen LogP contribution in [0.5, 0.6) is 5.75 Å². The lowest BCUT2D eigenvalue weighted by Crippen LogP contribution is -2.33. The number of hydrogen-bond donors (Lipinski definition) is 1. The highest BCUT2D eigenvalue weighted by Crippen LogP contribution is 2.30. The van der Waals surface area contributed by atoms with Gasteiger partial charge in [-0.15, -0.1) is 0 Å². The second kappa shape index (κ2) is 7.48. The van der Waals surface area contributed by atoms with Crippen molar-refractivity contribution in [3.8, 4) is 23.1 Å². The van der Waals surface area contributed by atoms with Crippen LogP contribution in [-0.4, -0.2) is 26.4 Å². The predicted octanol–water partition coefficient (Wildman–Crippen LogP) is 2.30. The van der Waals surface area contributed by atoms with Gasteiger partial charge in [0.05, 0.1) is 36.6 Å². The lowest BCUT2D eigenvalue weighted by Gasteiger charge is -2.19. The van der Waals surface area contributed by atoms with E-state index in [0.717, 1.165) is 17.8 Å². The van der Waals surface area contributed by atoms with Crippen molar-refractivity contribution in [1.82, 2.24) is 14.7 Å². The SMILES string of the molecule is CCc1nc2c(c(=O)n1Cc1cc(-c3cc(O)c(F)cc3C#N)on1)COCC2. The van der Waals surface area contributed by atoms with Gasteiger partial charge in [-0.05, 0) is 12.1 Å². The zero-order chi connectivity index (χ0) is 20.5. The van der Waals surface area contributed by atoms with Crippen LogP contribution < -0.4 is 5.56 Å². The monoisotopic (exact) mass is 396 g/mol. The maximum Gasteiger partial charge on any atom is 0.259 e. The molecule has 0 unspecified atom stereocenters. The summed E-state index contributed by atoms with van der Waals surface area (Å²) in [5.74, 6) is -0.670. The maximum absolute atomic E-state index is 13.5. The van der Waals surface area contributed by atoms with Crippen molar-refractivity contribution >= 4 is 0 Å². The molecular formula is C20H17FN4O4. The van der Waals surface area contributed by atoms with E-state index in [1.165, 1.54) is 4.57 Å². The molecule has 0 aliphatic carbocycles. The van der Waals surface area contributed by atoms with Gasteiger partial charge in [-0.25, -0.2) is 9.37 Å². The Bertz CT molecular complexity index is 1190. The Kier molecular flexibility index (Phi) is 4.86. The molecule has 0 bridgehead atoms. The van der Waals surface area contributed by atoms with Gasteiger partial charge in [-0.3, -0.25) is 9.36 Å². The Balaban J connectivity index is 1.72. The maximum atomic E-state index is 13.5. The summed E-state index contributed by atoms with van der Waals surface area (Å²) in [4.78, 5) is 17.5. The summed E-state index contributed by atoms with van der Waals surface area (Å²) >= 11 is 0. The van der Waals surface area contributed by atoms with E-state index < -0.39 is 11.6 Å². The largest absolute Gasteiger partial charge is 0.505 e. The van der Waals surface area contributed by atoms with Crippen LogP contribution in [0.1, 0.15) is 35.3 Å². The van der Waals surface area contributed by atoms with E-state index in [4.69, 9.17) is 9.26 Å². The second-order valence-electron chi connectivity index (χ2n) is 6.64. The predicted molar refractivity (Wildman–Crippen MR) is 98.6 cm³/mol. The van der Waals surface area contributed by atoms with Gasteiger partial charge in [0.15, 0.2) is 17.3 Å². The molecule has 0 spiro atoms. The molecule has 3 aromatic rings. The van der Waals surface area contributed by atoms with Crippen LogP contribution in [0.3, 0.4) is 0 Å². The molecule has 2 aromatic heterocycles. The molecule has 148 valence electrons. The van der Waals surface area contributed by atoms with Crippen LogP contribution in [0.2, 0.25) is 0 Å². The number of aromatic hydroxyl groups is 1. The molecular weight excluding hydrogens is 379 g/mol. The highest BCUT2D eigenvalue weighted by molar-refractivity contribution is 5.68. The van der Waals surface area contributed by atoms with Gasteiger partial charge in [0, 0.05) is 24.5 Å². The molecule has 3 heterocycles. The highest BCUT2D eigenvalue weighted by atomic mass is 19.1. The van der Waals surface area contributed by atoms with Crippen molar-refractivity contribution in [2.75, 3.05) is 6.61 Å². The van der Waals surface area contributed by atoms with Gasteiger partial charge in [0.25, 0.3) is 5.56 Å². The van der Waals surface area contributed by atoms with Gasteiger partial charge in [0.2, 0.25) is 0 Å². The number of rotatable bonds is 4. The Morgan fingerprint density at radius 2 is 2.21 bits per heavy atom. The molecule has 0 saturated carbocycles. The van der Waals surface area contributed by atoms with Gasteiger partial charge in [-0.2, -0.15) is 5.26 Å². The van der Waals surface area contributed by atoms with Crippen LogP contribution in [0.25, 0.3) is 11.3 Å². The first kappa shape index (κ1) is 18.8. The lowest BCUT2D eigenvalue weighted by molar-refractivity contribution is 0.107. The average molecular weight is 396 g/mol. The van der Waals surface area contributed by atoms with Gasteiger partial charge >= 0.3 is 0 Å². The summed E-state index contributed by atoms with van der Waals surface area (Å²) in [7, 11) is 0. The Morgan fingerprint density at radius 3 is 2.97 bits per heavy atom. The van der Waals surface area contributed by atoms with Crippen molar-refractivity contribution in [3.63, 3.8) is 0 Å². The Labute approximate surface area is 164 Å². The van der Waals surface area contributed by atoms with E-state index in [-0.39, 0.29) is 35.6 Å². The number of ether oxygens (including phenoxy) is 1. The number of nitrogens with zero attached hydrogens (tertiary/aromatic N) is 4. The third-order valence-electron chi connectivity index (χ3n) is 4.83. The van der Waals surface area contributed by atoms with Crippen LogP contribution >= 0.6 is 0 Å². The van der Waals surface area contributed by atoms with Crippen LogP contribution in [0, 0.1) is 17.1 Å². The van der Waals surface area contributed by atoms with Crippen LogP contribution in [0.15, 0.2) is 27.5 Å². The lowest BCUT2D eigenvalue weighted by atomic mass is 10.0. The van der Waals surface area contributed by atoms with E-state index >= 15 is 0 Å². The number of phenolic OH excluding ortho intramolecular Hbond substituents is 1. The molecule has 4 rings (SSSR count). The smallest absolute Gasteiger partial charge is 0.259 e. The molecule has 8 nitrogen and oxygen atoms in total. The van der Waals surface area contributed by atoms with Crippen molar-refractivity contribution in [1.29, 1.82) is 5.26 Å². The molecule has 29 heavy (non-hydrogen) atoms. The fourth-order valence-electron chi connectivity index (χ4n) is 3.35.